The van der Waals surface area contributed by atoms with Gasteiger partial charge >= 0.3 is 0 Å². The molecule has 1 aromatic heterocycles. The number of nitrogens with zero attached hydrogens (tertiary/aromatic N) is 1. The van der Waals surface area contributed by atoms with Crippen molar-refractivity contribution in [3.05, 3.63) is 17.5 Å². The summed E-state index contributed by atoms with van der Waals surface area (Å²) in [5.41, 5.74) is 0. The topological polar surface area (TPSA) is 29.5 Å². The molecule has 1 saturated heterocycles. The van der Waals surface area contributed by atoms with E-state index in [1.807, 2.05) is 21.8 Å². The predicted molar refractivity (Wildman–Crippen MR) is 53.1 cm³/mol. The maximum atomic E-state index is 11.9. The first-order valence-electron chi connectivity index (χ1n) is 4.16. The van der Waals surface area contributed by atoms with E-state index >= 15 is 0 Å². The normalized spacial score (nSPS) is 21.5. The van der Waals surface area contributed by atoms with Crippen LogP contribution >= 0.6 is 11.3 Å². The lowest BCUT2D eigenvalue weighted by molar-refractivity contribution is 0.0752. The molecule has 1 aromatic rings. The van der Waals surface area contributed by atoms with Gasteiger partial charge in [0.2, 0.25) is 0 Å². The van der Waals surface area contributed by atoms with Gasteiger partial charge in [0.1, 0.15) is 15.2 Å². The van der Waals surface area contributed by atoms with Crippen LogP contribution in [0.1, 0.15) is 0 Å². The van der Waals surface area contributed by atoms with E-state index in [-0.39, 0.29) is 0 Å². The van der Waals surface area contributed by atoms with E-state index in [9.17, 15) is 4.21 Å². The molecule has 0 aliphatic carbocycles. The van der Waals surface area contributed by atoms with Gasteiger partial charge in [0.15, 0.2) is 0 Å². The van der Waals surface area contributed by atoms with Gasteiger partial charge in [-0.3, -0.25) is 0 Å². The first-order valence-corrected chi connectivity index (χ1v) is 6.14. The van der Waals surface area contributed by atoms with E-state index in [2.05, 4.69) is 0 Å². The molecule has 13 heavy (non-hydrogen) atoms. The Morgan fingerprint density at radius 1 is 1.46 bits per heavy atom. The van der Waals surface area contributed by atoms with Gasteiger partial charge in [0.25, 0.3) is 0 Å². The van der Waals surface area contributed by atoms with Crippen LogP contribution in [-0.2, 0) is 15.7 Å². The molecule has 0 aromatic carbocycles. The van der Waals surface area contributed by atoms with Crippen LogP contribution in [-0.4, -0.2) is 34.8 Å². The Hall–Kier alpha value is -0.230. The fourth-order valence-corrected chi connectivity index (χ4v) is 3.39. The molecule has 2 rings (SSSR count). The van der Waals surface area contributed by atoms with E-state index in [0.717, 1.165) is 17.3 Å². The Morgan fingerprint density at radius 3 is 2.85 bits per heavy atom. The quantitative estimate of drug-likeness (QED) is 0.742. The van der Waals surface area contributed by atoms with Crippen LogP contribution in [0.3, 0.4) is 0 Å². The molecule has 0 amide bonds. The Bertz CT molecular complexity index is 280. The molecule has 0 N–H and O–H groups in total. The van der Waals surface area contributed by atoms with Gasteiger partial charge in [-0.15, -0.1) is 11.3 Å². The van der Waals surface area contributed by atoms with E-state index in [0.29, 0.717) is 13.2 Å². The second-order valence-corrected chi connectivity index (χ2v) is 5.38. The number of rotatable bonds is 2. The summed E-state index contributed by atoms with van der Waals surface area (Å²) in [4.78, 5) is 0. The molecule has 1 unspecified atom stereocenters. The molecule has 2 heterocycles. The second kappa shape index (κ2) is 4.32. The molecule has 1 fully saturated rings. The molecule has 5 heteroatoms. The zero-order valence-corrected chi connectivity index (χ0v) is 8.77. The smallest absolute Gasteiger partial charge is 0.138 e. The summed E-state index contributed by atoms with van der Waals surface area (Å²) in [5, 5.41) is 1.95. The lowest BCUT2D eigenvalue weighted by Gasteiger charge is -2.24. The van der Waals surface area contributed by atoms with Gasteiger partial charge in [0.05, 0.1) is 13.2 Å². The summed E-state index contributed by atoms with van der Waals surface area (Å²) < 4.78 is 19.9. The Balaban J connectivity index is 2.04. The lowest BCUT2D eigenvalue weighted by Crippen LogP contribution is -2.37. The van der Waals surface area contributed by atoms with Crippen LogP contribution < -0.4 is 0 Å². The number of hydrogen-bond donors (Lipinski definition) is 0. The van der Waals surface area contributed by atoms with Crippen LogP contribution in [0.2, 0.25) is 0 Å². The SMILES string of the molecule is O=S(c1cccs1)N1CCOCC1. The highest BCUT2D eigenvalue weighted by Crippen LogP contribution is 2.17. The first kappa shape index (κ1) is 9.33. The number of ether oxygens (including phenoxy) is 1. The fourth-order valence-electron chi connectivity index (χ4n) is 1.20. The molecule has 0 radical (unpaired) electrons. The maximum Gasteiger partial charge on any atom is 0.138 e. The Morgan fingerprint density at radius 2 is 2.23 bits per heavy atom. The minimum absolute atomic E-state index is 0.692. The molecular formula is C8H11NO2S2. The lowest BCUT2D eigenvalue weighted by atomic mass is 10.5. The largest absolute Gasteiger partial charge is 0.379 e. The molecule has 72 valence electrons. The third kappa shape index (κ3) is 2.17. The highest BCUT2D eigenvalue weighted by molar-refractivity contribution is 7.85. The average molecular weight is 217 g/mol. The summed E-state index contributed by atoms with van der Waals surface area (Å²) in [6.07, 6.45) is 0. The Labute approximate surface area is 83.9 Å². The molecular weight excluding hydrogens is 206 g/mol. The highest BCUT2D eigenvalue weighted by atomic mass is 32.2. The third-order valence-electron chi connectivity index (χ3n) is 1.87. The van der Waals surface area contributed by atoms with Gasteiger partial charge in [-0.25, -0.2) is 8.51 Å². The van der Waals surface area contributed by atoms with Crippen LogP contribution in [0.15, 0.2) is 21.7 Å². The van der Waals surface area contributed by atoms with E-state index in [4.69, 9.17) is 4.74 Å². The van der Waals surface area contributed by atoms with Crippen molar-refractivity contribution in [2.24, 2.45) is 0 Å². The maximum absolute atomic E-state index is 11.9. The van der Waals surface area contributed by atoms with Crippen molar-refractivity contribution in [2.45, 2.75) is 4.21 Å². The summed E-state index contributed by atoms with van der Waals surface area (Å²) >= 11 is 1.54. The summed E-state index contributed by atoms with van der Waals surface area (Å²) in [7, 11) is -0.967. The zero-order chi connectivity index (χ0) is 9.10. The van der Waals surface area contributed by atoms with E-state index < -0.39 is 11.0 Å². The van der Waals surface area contributed by atoms with Crippen LogP contribution in [0.4, 0.5) is 0 Å². The summed E-state index contributed by atoms with van der Waals surface area (Å²) in [6, 6.07) is 3.84. The second-order valence-electron chi connectivity index (χ2n) is 2.72. The van der Waals surface area contributed by atoms with Crippen molar-refractivity contribution in [3.63, 3.8) is 0 Å². The zero-order valence-electron chi connectivity index (χ0n) is 7.14. The van der Waals surface area contributed by atoms with Gasteiger partial charge in [-0.05, 0) is 11.4 Å². The van der Waals surface area contributed by atoms with Gasteiger partial charge in [-0.1, -0.05) is 6.07 Å². The molecule has 0 saturated carbocycles. The fraction of sp³-hybridized carbons (Fsp3) is 0.500. The van der Waals surface area contributed by atoms with Gasteiger partial charge in [-0.2, -0.15) is 0 Å². The van der Waals surface area contributed by atoms with Crippen LogP contribution in [0.25, 0.3) is 0 Å². The first-order chi connectivity index (χ1) is 6.38. The van der Waals surface area contributed by atoms with Crippen molar-refractivity contribution < 1.29 is 8.95 Å². The summed E-state index contributed by atoms with van der Waals surface area (Å²) in [6.45, 7) is 2.92. The minimum atomic E-state index is -0.967. The molecule has 3 nitrogen and oxygen atoms in total. The number of thiophene rings is 1. The van der Waals surface area contributed by atoms with Crippen molar-refractivity contribution >= 4 is 22.3 Å². The third-order valence-corrected chi connectivity index (χ3v) is 4.56. The molecule has 1 aliphatic rings. The molecule has 1 atom stereocenters. The van der Waals surface area contributed by atoms with Crippen molar-refractivity contribution in [1.82, 2.24) is 4.31 Å². The number of morpholine rings is 1. The van der Waals surface area contributed by atoms with Crippen molar-refractivity contribution in [1.29, 1.82) is 0 Å². The molecule has 0 spiro atoms. The minimum Gasteiger partial charge on any atom is -0.379 e. The van der Waals surface area contributed by atoms with Crippen LogP contribution in [0.5, 0.6) is 0 Å². The van der Waals surface area contributed by atoms with Gasteiger partial charge in [0, 0.05) is 13.1 Å². The predicted octanol–water partition coefficient (Wildman–Crippen LogP) is 1.10. The molecule has 0 bridgehead atoms. The monoisotopic (exact) mass is 217 g/mol. The Kier molecular flexibility index (Phi) is 3.10. The van der Waals surface area contributed by atoms with E-state index in [1.54, 1.807) is 11.3 Å². The standard InChI is InChI=1S/C8H11NO2S2/c10-13(8-2-1-7-12-8)9-3-5-11-6-4-9/h1-2,7H,3-6H2. The summed E-state index contributed by atoms with van der Waals surface area (Å²) in [5.74, 6) is 0. The van der Waals surface area contributed by atoms with Crippen molar-refractivity contribution in [2.75, 3.05) is 26.3 Å². The molecule has 1 aliphatic heterocycles. The van der Waals surface area contributed by atoms with Crippen LogP contribution in [0, 0.1) is 0 Å². The highest BCUT2D eigenvalue weighted by Gasteiger charge is 2.18. The average Bonchev–Trinajstić information content (AvgIpc) is 2.71. The van der Waals surface area contributed by atoms with Gasteiger partial charge < -0.3 is 4.74 Å². The van der Waals surface area contributed by atoms with Crippen molar-refractivity contribution in [3.8, 4) is 0 Å². The number of hydrogen-bond acceptors (Lipinski definition) is 3. The van der Waals surface area contributed by atoms with E-state index in [1.165, 1.54) is 0 Å².